The van der Waals surface area contributed by atoms with Crippen molar-refractivity contribution < 1.29 is 4.79 Å². The van der Waals surface area contributed by atoms with E-state index in [0.29, 0.717) is 5.56 Å². The van der Waals surface area contributed by atoms with E-state index in [1.165, 1.54) is 5.56 Å². The number of aryl methyl sites for hydroxylation is 1. The molecule has 0 aromatic carbocycles. The Morgan fingerprint density at radius 3 is 2.67 bits per heavy atom. The van der Waals surface area contributed by atoms with Gasteiger partial charge in [-0.25, -0.2) is 0 Å². The first-order chi connectivity index (χ1) is 10.2. The molecule has 3 heterocycles. The van der Waals surface area contributed by atoms with Gasteiger partial charge in [-0.15, -0.1) is 0 Å². The molecule has 0 bridgehead atoms. The molecule has 1 aliphatic rings. The van der Waals surface area contributed by atoms with Crippen LogP contribution in [0.4, 0.5) is 0 Å². The van der Waals surface area contributed by atoms with Gasteiger partial charge in [-0.3, -0.25) is 14.7 Å². The quantitative estimate of drug-likeness (QED) is 0.873. The molecule has 0 radical (unpaired) electrons. The number of carbonyl (C=O) groups excluding carboxylic acids is 1. The monoisotopic (exact) mass is 301 g/mol. The normalized spacial score (nSPS) is 16.1. The van der Waals surface area contributed by atoms with Crippen molar-refractivity contribution in [1.82, 2.24) is 14.8 Å². The Hall–Kier alpha value is -1.72. The third-order valence-electron chi connectivity index (χ3n) is 3.80. The minimum Gasteiger partial charge on any atom is -0.336 e. The maximum Gasteiger partial charge on any atom is 0.255 e. The Morgan fingerprint density at radius 1 is 1.24 bits per heavy atom. The molecule has 0 atom stereocenters. The highest BCUT2D eigenvalue weighted by molar-refractivity contribution is 7.07. The lowest BCUT2D eigenvalue weighted by Gasteiger charge is -2.34. The predicted molar refractivity (Wildman–Crippen MR) is 84.5 cm³/mol. The number of hydrogen-bond donors (Lipinski definition) is 0. The zero-order valence-electron chi connectivity index (χ0n) is 12.2. The highest BCUT2D eigenvalue weighted by Crippen LogP contribution is 2.13. The molecule has 2 aromatic rings. The van der Waals surface area contributed by atoms with E-state index in [1.807, 2.05) is 24.0 Å². The van der Waals surface area contributed by atoms with Gasteiger partial charge in [-0.05, 0) is 41.4 Å². The summed E-state index contributed by atoms with van der Waals surface area (Å²) in [6, 6.07) is 5.92. The molecule has 1 fully saturated rings. The Labute approximate surface area is 129 Å². The average molecular weight is 301 g/mol. The van der Waals surface area contributed by atoms with Gasteiger partial charge >= 0.3 is 0 Å². The number of carbonyl (C=O) groups is 1. The Bertz CT molecular complexity index is 586. The number of rotatable bonds is 3. The standard InChI is InChI=1S/C16H19N3OS/c1-13-2-3-15(10-17-13)16(20)19-7-5-18(6-8-19)11-14-4-9-21-12-14/h2-4,9-10,12H,5-8,11H2,1H3. The summed E-state index contributed by atoms with van der Waals surface area (Å²) in [4.78, 5) is 20.9. The summed E-state index contributed by atoms with van der Waals surface area (Å²) in [6.07, 6.45) is 1.68. The van der Waals surface area contributed by atoms with Gasteiger partial charge in [-0.2, -0.15) is 11.3 Å². The van der Waals surface area contributed by atoms with Crippen molar-refractivity contribution in [3.63, 3.8) is 0 Å². The van der Waals surface area contributed by atoms with Gasteiger partial charge in [0.25, 0.3) is 5.91 Å². The van der Waals surface area contributed by atoms with Gasteiger partial charge < -0.3 is 4.90 Å². The predicted octanol–water partition coefficient (Wildman–Crippen LogP) is 2.41. The lowest BCUT2D eigenvalue weighted by atomic mass is 10.2. The zero-order chi connectivity index (χ0) is 14.7. The smallest absolute Gasteiger partial charge is 0.255 e. The highest BCUT2D eigenvalue weighted by Gasteiger charge is 2.22. The Balaban J connectivity index is 1.55. The first kappa shape index (κ1) is 14.2. The van der Waals surface area contributed by atoms with Crippen molar-refractivity contribution in [2.75, 3.05) is 26.2 Å². The number of piperazine rings is 1. The van der Waals surface area contributed by atoms with Crippen LogP contribution >= 0.6 is 11.3 Å². The first-order valence-electron chi connectivity index (χ1n) is 7.18. The lowest BCUT2D eigenvalue weighted by Crippen LogP contribution is -2.48. The van der Waals surface area contributed by atoms with Gasteiger partial charge in [0, 0.05) is 44.6 Å². The van der Waals surface area contributed by atoms with Crippen LogP contribution in [0.15, 0.2) is 35.2 Å². The van der Waals surface area contributed by atoms with Crippen molar-refractivity contribution in [2.45, 2.75) is 13.5 Å². The minimum atomic E-state index is 0.0951. The number of pyridine rings is 1. The fourth-order valence-electron chi connectivity index (χ4n) is 2.53. The van der Waals surface area contributed by atoms with Crippen LogP contribution in [-0.2, 0) is 6.54 Å². The van der Waals surface area contributed by atoms with E-state index >= 15 is 0 Å². The highest BCUT2D eigenvalue weighted by atomic mass is 32.1. The molecular formula is C16H19N3OS. The van der Waals surface area contributed by atoms with Crippen molar-refractivity contribution in [2.24, 2.45) is 0 Å². The van der Waals surface area contributed by atoms with Gasteiger partial charge in [0.1, 0.15) is 0 Å². The molecule has 0 N–H and O–H groups in total. The summed E-state index contributed by atoms with van der Waals surface area (Å²) in [6.45, 7) is 6.35. The van der Waals surface area contributed by atoms with Crippen LogP contribution in [0.2, 0.25) is 0 Å². The topological polar surface area (TPSA) is 36.4 Å². The molecule has 0 spiro atoms. The second-order valence-electron chi connectivity index (χ2n) is 5.39. The molecule has 21 heavy (non-hydrogen) atoms. The molecule has 1 saturated heterocycles. The Morgan fingerprint density at radius 2 is 2.05 bits per heavy atom. The zero-order valence-corrected chi connectivity index (χ0v) is 13.0. The van der Waals surface area contributed by atoms with E-state index in [-0.39, 0.29) is 5.91 Å². The summed E-state index contributed by atoms with van der Waals surface area (Å²) in [7, 11) is 0. The fraction of sp³-hybridized carbons (Fsp3) is 0.375. The summed E-state index contributed by atoms with van der Waals surface area (Å²) in [5.41, 5.74) is 2.99. The van der Waals surface area contributed by atoms with Crippen molar-refractivity contribution in [3.05, 3.63) is 52.0 Å². The third-order valence-corrected chi connectivity index (χ3v) is 4.54. The molecule has 5 heteroatoms. The molecular weight excluding hydrogens is 282 g/mol. The van der Waals surface area contributed by atoms with Crippen LogP contribution in [0.5, 0.6) is 0 Å². The SMILES string of the molecule is Cc1ccc(C(=O)N2CCN(Cc3ccsc3)CC2)cn1. The van der Waals surface area contributed by atoms with Gasteiger partial charge in [0.2, 0.25) is 0 Å². The van der Waals surface area contributed by atoms with Gasteiger partial charge in [0.15, 0.2) is 0 Å². The molecule has 2 aromatic heterocycles. The largest absolute Gasteiger partial charge is 0.336 e. The molecule has 4 nitrogen and oxygen atoms in total. The van der Waals surface area contributed by atoms with Gasteiger partial charge in [0.05, 0.1) is 5.56 Å². The Kier molecular flexibility index (Phi) is 4.31. The van der Waals surface area contributed by atoms with E-state index < -0.39 is 0 Å². The number of nitrogens with zero attached hydrogens (tertiary/aromatic N) is 3. The van der Waals surface area contributed by atoms with E-state index in [4.69, 9.17) is 0 Å². The summed E-state index contributed by atoms with van der Waals surface area (Å²) in [5, 5.41) is 4.30. The van der Waals surface area contributed by atoms with E-state index in [9.17, 15) is 4.79 Å². The molecule has 0 saturated carbocycles. The average Bonchev–Trinajstić information content (AvgIpc) is 3.01. The maximum absolute atomic E-state index is 12.4. The van der Waals surface area contributed by atoms with Crippen LogP contribution < -0.4 is 0 Å². The second-order valence-corrected chi connectivity index (χ2v) is 6.17. The van der Waals surface area contributed by atoms with Crippen LogP contribution in [0.3, 0.4) is 0 Å². The third kappa shape index (κ3) is 3.49. The van der Waals surface area contributed by atoms with Crippen LogP contribution in [0.1, 0.15) is 21.6 Å². The number of hydrogen-bond acceptors (Lipinski definition) is 4. The number of thiophene rings is 1. The molecule has 3 rings (SSSR count). The summed E-state index contributed by atoms with van der Waals surface area (Å²) < 4.78 is 0. The molecule has 110 valence electrons. The molecule has 1 aliphatic heterocycles. The van der Waals surface area contributed by atoms with Crippen molar-refractivity contribution >= 4 is 17.2 Å². The van der Waals surface area contributed by atoms with E-state index in [0.717, 1.165) is 38.4 Å². The van der Waals surface area contributed by atoms with Crippen LogP contribution in [-0.4, -0.2) is 46.9 Å². The van der Waals surface area contributed by atoms with Crippen molar-refractivity contribution in [3.8, 4) is 0 Å². The minimum absolute atomic E-state index is 0.0951. The number of amides is 1. The maximum atomic E-state index is 12.4. The van der Waals surface area contributed by atoms with E-state index in [2.05, 4.69) is 26.7 Å². The number of aromatic nitrogens is 1. The summed E-state index contributed by atoms with van der Waals surface area (Å²) >= 11 is 1.73. The molecule has 1 amide bonds. The fourth-order valence-corrected chi connectivity index (χ4v) is 3.19. The van der Waals surface area contributed by atoms with Crippen LogP contribution in [0.25, 0.3) is 0 Å². The van der Waals surface area contributed by atoms with E-state index in [1.54, 1.807) is 17.5 Å². The summed E-state index contributed by atoms with van der Waals surface area (Å²) in [5.74, 6) is 0.0951. The molecule has 0 unspecified atom stereocenters. The lowest BCUT2D eigenvalue weighted by molar-refractivity contribution is 0.0628. The van der Waals surface area contributed by atoms with Gasteiger partial charge in [-0.1, -0.05) is 0 Å². The first-order valence-corrected chi connectivity index (χ1v) is 8.12. The van der Waals surface area contributed by atoms with Crippen molar-refractivity contribution in [1.29, 1.82) is 0 Å². The van der Waals surface area contributed by atoms with Crippen LogP contribution in [0, 0.1) is 6.92 Å². The molecule has 0 aliphatic carbocycles. The second kappa shape index (κ2) is 6.37.